The standard InChI is InChI=1S/C11H16N2/c1-9-6-4-5-7-11(9)8-13(3)10(2)12/h4-7,12H,8H2,1-3H3. The summed E-state index contributed by atoms with van der Waals surface area (Å²) in [5.74, 6) is 0.600. The summed E-state index contributed by atoms with van der Waals surface area (Å²) in [5.41, 5.74) is 2.58. The zero-order chi connectivity index (χ0) is 9.84. The minimum Gasteiger partial charge on any atom is -0.360 e. The van der Waals surface area contributed by atoms with Crippen molar-refractivity contribution in [2.45, 2.75) is 20.4 Å². The monoisotopic (exact) mass is 176 g/mol. The van der Waals surface area contributed by atoms with E-state index in [1.54, 1.807) is 6.92 Å². The van der Waals surface area contributed by atoms with E-state index in [1.165, 1.54) is 11.1 Å². The lowest BCUT2D eigenvalue weighted by atomic mass is 10.1. The molecular formula is C11H16N2. The number of hydrogen-bond acceptors (Lipinski definition) is 1. The average molecular weight is 176 g/mol. The first-order valence-corrected chi connectivity index (χ1v) is 4.42. The summed E-state index contributed by atoms with van der Waals surface area (Å²) < 4.78 is 0. The highest BCUT2D eigenvalue weighted by atomic mass is 15.1. The lowest BCUT2D eigenvalue weighted by Gasteiger charge is -2.18. The fourth-order valence-corrected chi connectivity index (χ4v) is 1.16. The molecule has 0 aliphatic carbocycles. The summed E-state index contributed by atoms with van der Waals surface area (Å²) in [7, 11) is 1.94. The molecule has 1 N–H and O–H groups in total. The Bertz CT molecular complexity index is 305. The van der Waals surface area contributed by atoms with Crippen LogP contribution in [0.15, 0.2) is 24.3 Å². The van der Waals surface area contributed by atoms with Gasteiger partial charge in [0, 0.05) is 13.6 Å². The van der Waals surface area contributed by atoms with Crippen LogP contribution in [0, 0.1) is 12.3 Å². The molecule has 0 saturated carbocycles. The van der Waals surface area contributed by atoms with Gasteiger partial charge in [-0.15, -0.1) is 0 Å². The minimum atomic E-state index is 0.600. The van der Waals surface area contributed by atoms with Gasteiger partial charge in [0.1, 0.15) is 0 Å². The highest BCUT2D eigenvalue weighted by Gasteiger charge is 2.01. The number of nitrogens with zero attached hydrogens (tertiary/aromatic N) is 1. The Hall–Kier alpha value is -1.31. The fourth-order valence-electron chi connectivity index (χ4n) is 1.16. The van der Waals surface area contributed by atoms with Gasteiger partial charge in [0.15, 0.2) is 0 Å². The third kappa shape index (κ3) is 2.58. The number of rotatable bonds is 2. The van der Waals surface area contributed by atoms with E-state index < -0.39 is 0 Å². The Morgan fingerprint density at radius 1 is 1.38 bits per heavy atom. The van der Waals surface area contributed by atoms with E-state index in [4.69, 9.17) is 5.41 Å². The van der Waals surface area contributed by atoms with Crippen molar-refractivity contribution in [1.82, 2.24) is 4.90 Å². The van der Waals surface area contributed by atoms with E-state index in [0.717, 1.165) is 6.54 Å². The van der Waals surface area contributed by atoms with Gasteiger partial charge in [-0.05, 0) is 25.0 Å². The molecule has 1 aromatic rings. The van der Waals surface area contributed by atoms with E-state index in [-0.39, 0.29) is 0 Å². The van der Waals surface area contributed by atoms with Crippen molar-refractivity contribution in [3.8, 4) is 0 Å². The molecule has 0 amide bonds. The molecule has 0 saturated heterocycles. The number of amidine groups is 1. The number of nitrogens with one attached hydrogen (secondary N) is 1. The van der Waals surface area contributed by atoms with E-state index in [2.05, 4.69) is 19.1 Å². The third-order valence-corrected chi connectivity index (χ3v) is 2.24. The van der Waals surface area contributed by atoms with E-state index >= 15 is 0 Å². The van der Waals surface area contributed by atoms with Crippen molar-refractivity contribution in [3.63, 3.8) is 0 Å². The van der Waals surface area contributed by atoms with Gasteiger partial charge in [-0.3, -0.25) is 5.41 Å². The van der Waals surface area contributed by atoms with Gasteiger partial charge in [0.2, 0.25) is 0 Å². The van der Waals surface area contributed by atoms with Gasteiger partial charge >= 0.3 is 0 Å². The Morgan fingerprint density at radius 2 is 2.00 bits per heavy atom. The van der Waals surface area contributed by atoms with Crippen LogP contribution >= 0.6 is 0 Å². The molecular weight excluding hydrogens is 160 g/mol. The second kappa shape index (κ2) is 4.08. The van der Waals surface area contributed by atoms with Crippen LogP contribution in [0.5, 0.6) is 0 Å². The van der Waals surface area contributed by atoms with Crippen molar-refractivity contribution in [2.75, 3.05) is 7.05 Å². The molecule has 0 aromatic heterocycles. The lowest BCUT2D eigenvalue weighted by molar-refractivity contribution is 0.493. The molecule has 0 unspecified atom stereocenters. The van der Waals surface area contributed by atoms with Gasteiger partial charge in [0.05, 0.1) is 5.84 Å². The summed E-state index contributed by atoms with van der Waals surface area (Å²) in [4.78, 5) is 1.93. The Balaban J connectivity index is 2.74. The van der Waals surface area contributed by atoms with Crippen LogP contribution in [0.1, 0.15) is 18.1 Å². The summed E-state index contributed by atoms with van der Waals surface area (Å²) in [6, 6.07) is 8.28. The van der Waals surface area contributed by atoms with Crippen molar-refractivity contribution in [3.05, 3.63) is 35.4 Å². The molecule has 0 fully saturated rings. The second-order valence-corrected chi connectivity index (χ2v) is 3.37. The van der Waals surface area contributed by atoms with Crippen LogP contribution in [-0.4, -0.2) is 17.8 Å². The van der Waals surface area contributed by atoms with Crippen molar-refractivity contribution in [1.29, 1.82) is 5.41 Å². The first-order chi connectivity index (χ1) is 6.11. The van der Waals surface area contributed by atoms with E-state index in [0.29, 0.717) is 5.84 Å². The van der Waals surface area contributed by atoms with Crippen LogP contribution in [0.25, 0.3) is 0 Å². The van der Waals surface area contributed by atoms with E-state index in [1.807, 2.05) is 24.1 Å². The highest BCUT2D eigenvalue weighted by molar-refractivity contribution is 5.75. The third-order valence-electron chi connectivity index (χ3n) is 2.24. The molecule has 13 heavy (non-hydrogen) atoms. The van der Waals surface area contributed by atoms with Gasteiger partial charge in [-0.2, -0.15) is 0 Å². The maximum Gasteiger partial charge on any atom is 0.0926 e. The number of benzene rings is 1. The molecule has 0 aliphatic heterocycles. The van der Waals surface area contributed by atoms with Crippen LogP contribution in [0.3, 0.4) is 0 Å². The maximum atomic E-state index is 7.45. The lowest BCUT2D eigenvalue weighted by Crippen LogP contribution is -2.22. The summed E-state index contributed by atoms with van der Waals surface area (Å²) in [6.07, 6.45) is 0. The number of hydrogen-bond donors (Lipinski definition) is 1. The van der Waals surface area contributed by atoms with Crippen LogP contribution in [0.4, 0.5) is 0 Å². The fraction of sp³-hybridized carbons (Fsp3) is 0.364. The molecule has 0 bridgehead atoms. The van der Waals surface area contributed by atoms with Gasteiger partial charge in [-0.1, -0.05) is 24.3 Å². The Morgan fingerprint density at radius 3 is 2.54 bits per heavy atom. The van der Waals surface area contributed by atoms with Crippen molar-refractivity contribution in [2.24, 2.45) is 0 Å². The van der Waals surface area contributed by atoms with Crippen LogP contribution < -0.4 is 0 Å². The largest absolute Gasteiger partial charge is 0.360 e. The zero-order valence-electron chi connectivity index (χ0n) is 8.46. The predicted molar refractivity (Wildman–Crippen MR) is 56.0 cm³/mol. The van der Waals surface area contributed by atoms with Crippen molar-refractivity contribution >= 4 is 5.84 Å². The Kier molecular flexibility index (Phi) is 3.07. The summed E-state index contributed by atoms with van der Waals surface area (Å²) in [5, 5.41) is 7.45. The van der Waals surface area contributed by atoms with Gasteiger partial charge in [0.25, 0.3) is 0 Å². The molecule has 0 heterocycles. The summed E-state index contributed by atoms with van der Waals surface area (Å²) in [6.45, 7) is 4.72. The average Bonchev–Trinajstić information content (AvgIpc) is 2.08. The maximum absolute atomic E-state index is 7.45. The molecule has 1 aromatic carbocycles. The van der Waals surface area contributed by atoms with Crippen LogP contribution in [-0.2, 0) is 6.54 Å². The highest BCUT2D eigenvalue weighted by Crippen LogP contribution is 2.09. The molecule has 0 atom stereocenters. The minimum absolute atomic E-state index is 0.600. The topological polar surface area (TPSA) is 27.1 Å². The second-order valence-electron chi connectivity index (χ2n) is 3.37. The molecule has 0 aliphatic rings. The Labute approximate surface area is 79.7 Å². The predicted octanol–water partition coefficient (Wildman–Crippen LogP) is 2.42. The first-order valence-electron chi connectivity index (χ1n) is 4.42. The van der Waals surface area contributed by atoms with Gasteiger partial charge in [-0.25, -0.2) is 0 Å². The SMILES string of the molecule is CC(=N)N(C)Cc1ccccc1C. The quantitative estimate of drug-likeness (QED) is 0.543. The molecule has 0 radical (unpaired) electrons. The summed E-state index contributed by atoms with van der Waals surface area (Å²) >= 11 is 0. The molecule has 0 spiro atoms. The van der Waals surface area contributed by atoms with Gasteiger partial charge < -0.3 is 4.90 Å². The molecule has 70 valence electrons. The number of aryl methyl sites for hydroxylation is 1. The normalized spacial score (nSPS) is 9.77. The smallest absolute Gasteiger partial charge is 0.0926 e. The molecule has 2 nitrogen and oxygen atoms in total. The first kappa shape index (κ1) is 9.78. The van der Waals surface area contributed by atoms with Crippen molar-refractivity contribution < 1.29 is 0 Å². The molecule has 2 heteroatoms. The molecule has 1 rings (SSSR count). The zero-order valence-corrected chi connectivity index (χ0v) is 8.46. The van der Waals surface area contributed by atoms with Crippen LogP contribution in [0.2, 0.25) is 0 Å². The van der Waals surface area contributed by atoms with E-state index in [9.17, 15) is 0 Å².